The topological polar surface area (TPSA) is 35.5 Å². The molecule has 0 aliphatic rings. The first-order valence-corrected chi connectivity index (χ1v) is 14.1. The maximum atomic E-state index is 15.2. The Balaban J connectivity index is 1.18. The molecule has 0 atom stereocenters. The predicted molar refractivity (Wildman–Crippen MR) is 165 cm³/mol. The first-order valence-electron chi connectivity index (χ1n) is 14.1. The lowest BCUT2D eigenvalue weighted by Crippen LogP contribution is -2.02. The van der Waals surface area contributed by atoms with E-state index in [1.807, 2.05) is 72.8 Å². The molecule has 0 aliphatic heterocycles. The number of esters is 1. The first-order chi connectivity index (χ1) is 20.5. The summed E-state index contributed by atoms with van der Waals surface area (Å²) >= 11 is 0. The smallest absolute Gasteiger partial charge is 0.330 e. The molecule has 5 heteroatoms. The highest BCUT2D eigenvalue weighted by Crippen LogP contribution is 2.33. The Kier molecular flexibility index (Phi) is 9.40. The fraction of sp³-hybridized carbons (Fsp3) is 0.162. The van der Waals surface area contributed by atoms with Crippen molar-refractivity contribution in [3.63, 3.8) is 0 Å². The van der Waals surface area contributed by atoms with Crippen molar-refractivity contribution < 1.29 is 23.0 Å². The lowest BCUT2D eigenvalue weighted by atomic mass is 9.96. The fourth-order valence-corrected chi connectivity index (χ4v) is 4.92. The number of carbonyl (C=O) groups is 1. The highest BCUT2D eigenvalue weighted by molar-refractivity contribution is 5.87. The summed E-state index contributed by atoms with van der Waals surface area (Å²) < 4.78 is 41.2. The van der Waals surface area contributed by atoms with Crippen LogP contribution in [0.15, 0.2) is 116 Å². The molecule has 0 fully saturated rings. The van der Waals surface area contributed by atoms with Gasteiger partial charge in [-0.25, -0.2) is 13.6 Å². The van der Waals surface area contributed by atoms with Crippen molar-refractivity contribution in [1.29, 1.82) is 0 Å². The molecular weight excluding hydrogens is 530 g/mol. The summed E-state index contributed by atoms with van der Waals surface area (Å²) in [5.41, 5.74) is 3.69. The zero-order chi connectivity index (χ0) is 29.3. The second-order valence-electron chi connectivity index (χ2n) is 10.1. The summed E-state index contributed by atoms with van der Waals surface area (Å²) in [5, 5.41) is 2.22. The van der Waals surface area contributed by atoms with Gasteiger partial charge in [-0.1, -0.05) is 79.4 Å². The Morgan fingerprint density at radius 3 is 1.90 bits per heavy atom. The van der Waals surface area contributed by atoms with Gasteiger partial charge in [-0.2, -0.15) is 0 Å². The zero-order valence-corrected chi connectivity index (χ0v) is 23.3. The third kappa shape index (κ3) is 7.10. The van der Waals surface area contributed by atoms with Crippen LogP contribution in [0.5, 0.6) is 5.75 Å². The number of hydrogen-bond acceptors (Lipinski definition) is 3. The summed E-state index contributed by atoms with van der Waals surface area (Å²) in [6.45, 7) is 4.34. The van der Waals surface area contributed by atoms with Crippen molar-refractivity contribution in [2.45, 2.75) is 25.7 Å². The Bertz CT molecular complexity index is 1690. The van der Waals surface area contributed by atoms with E-state index in [0.29, 0.717) is 41.2 Å². The van der Waals surface area contributed by atoms with Gasteiger partial charge in [0.2, 0.25) is 0 Å². The lowest BCUT2D eigenvalue weighted by Gasteiger charge is -2.11. The molecule has 0 heterocycles. The van der Waals surface area contributed by atoms with Crippen LogP contribution in [0.25, 0.3) is 44.2 Å². The van der Waals surface area contributed by atoms with E-state index >= 15 is 8.78 Å². The number of fused-ring (bicyclic) bond motifs is 1. The third-order valence-electron chi connectivity index (χ3n) is 7.22. The van der Waals surface area contributed by atoms with E-state index in [1.54, 1.807) is 18.2 Å². The molecule has 0 saturated carbocycles. The Labute approximate surface area is 245 Å². The van der Waals surface area contributed by atoms with Gasteiger partial charge >= 0.3 is 5.97 Å². The van der Waals surface area contributed by atoms with E-state index in [1.165, 1.54) is 12.1 Å². The second kappa shape index (κ2) is 13.7. The standard InChI is InChI=1S/C37H32F2O3/c1-2-37(40)42-22-8-4-3-7-21-41-32-17-13-27(14-18-32)33-20-16-31(25-36(33)39)34-19-15-30(24-35(34)38)29-12-11-26-9-5-6-10-28(26)23-29/h2,5-6,9-20,23-25H,1,3-4,7-8,21-22H2. The lowest BCUT2D eigenvalue weighted by molar-refractivity contribution is -0.137. The van der Waals surface area contributed by atoms with Gasteiger partial charge in [-0.05, 0) is 89.0 Å². The van der Waals surface area contributed by atoms with Gasteiger partial charge in [-0.15, -0.1) is 0 Å². The molecule has 0 spiro atoms. The van der Waals surface area contributed by atoms with Crippen molar-refractivity contribution >= 4 is 16.7 Å². The van der Waals surface area contributed by atoms with Gasteiger partial charge in [0, 0.05) is 17.2 Å². The molecule has 0 unspecified atom stereocenters. The van der Waals surface area contributed by atoms with E-state index < -0.39 is 17.6 Å². The monoisotopic (exact) mass is 562 g/mol. The number of rotatable bonds is 12. The van der Waals surface area contributed by atoms with Crippen LogP contribution >= 0.6 is 0 Å². The van der Waals surface area contributed by atoms with Crippen molar-refractivity contribution in [3.05, 3.63) is 127 Å². The average molecular weight is 563 g/mol. The number of unbranched alkanes of at least 4 members (excludes halogenated alkanes) is 3. The molecule has 0 N–H and O–H groups in total. The van der Waals surface area contributed by atoms with Gasteiger partial charge in [-0.3, -0.25) is 0 Å². The summed E-state index contributed by atoms with van der Waals surface area (Å²) in [6, 6.07) is 31.3. The van der Waals surface area contributed by atoms with E-state index in [-0.39, 0.29) is 0 Å². The minimum atomic E-state index is -0.419. The minimum absolute atomic E-state index is 0.353. The van der Waals surface area contributed by atoms with Crippen LogP contribution < -0.4 is 4.74 Å². The van der Waals surface area contributed by atoms with Crippen LogP contribution in [-0.4, -0.2) is 19.2 Å². The molecule has 0 radical (unpaired) electrons. The molecular formula is C37H32F2O3. The normalized spacial score (nSPS) is 10.9. The molecule has 0 aliphatic carbocycles. The van der Waals surface area contributed by atoms with Crippen LogP contribution in [0, 0.1) is 11.6 Å². The van der Waals surface area contributed by atoms with Gasteiger partial charge in [0.05, 0.1) is 13.2 Å². The number of halogens is 2. The molecule has 5 aromatic carbocycles. The molecule has 212 valence electrons. The summed E-state index contributed by atoms with van der Waals surface area (Å²) in [4.78, 5) is 11.0. The second-order valence-corrected chi connectivity index (χ2v) is 10.1. The maximum absolute atomic E-state index is 15.2. The van der Waals surface area contributed by atoms with E-state index in [2.05, 4.69) is 6.58 Å². The maximum Gasteiger partial charge on any atom is 0.330 e. The van der Waals surface area contributed by atoms with E-state index in [9.17, 15) is 4.79 Å². The van der Waals surface area contributed by atoms with Crippen molar-refractivity contribution in [2.75, 3.05) is 13.2 Å². The van der Waals surface area contributed by atoms with Crippen molar-refractivity contribution in [2.24, 2.45) is 0 Å². The molecule has 5 rings (SSSR count). The summed E-state index contributed by atoms with van der Waals surface area (Å²) in [7, 11) is 0. The van der Waals surface area contributed by atoms with Crippen molar-refractivity contribution in [3.8, 4) is 39.1 Å². The number of hydrogen-bond donors (Lipinski definition) is 0. The zero-order valence-electron chi connectivity index (χ0n) is 23.3. The quantitative estimate of drug-likeness (QED) is 0.0862. The molecule has 0 saturated heterocycles. The Morgan fingerprint density at radius 2 is 1.19 bits per heavy atom. The van der Waals surface area contributed by atoms with Crippen molar-refractivity contribution in [1.82, 2.24) is 0 Å². The molecule has 0 amide bonds. The number of benzene rings is 5. The average Bonchev–Trinajstić information content (AvgIpc) is 3.02. The van der Waals surface area contributed by atoms with E-state index in [0.717, 1.165) is 53.7 Å². The molecule has 42 heavy (non-hydrogen) atoms. The Hall–Kier alpha value is -4.77. The highest BCUT2D eigenvalue weighted by Gasteiger charge is 2.12. The van der Waals surface area contributed by atoms with Gasteiger partial charge < -0.3 is 9.47 Å². The third-order valence-corrected chi connectivity index (χ3v) is 7.22. The molecule has 5 aromatic rings. The van der Waals surface area contributed by atoms with Gasteiger partial charge in [0.15, 0.2) is 0 Å². The number of carbonyl (C=O) groups excluding carboxylic acids is 1. The van der Waals surface area contributed by atoms with Gasteiger partial charge in [0.1, 0.15) is 17.4 Å². The highest BCUT2D eigenvalue weighted by atomic mass is 19.1. The summed E-state index contributed by atoms with van der Waals surface area (Å²) in [5.74, 6) is -0.498. The predicted octanol–water partition coefficient (Wildman–Crippen LogP) is 9.79. The molecule has 0 aromatic heterocycles. The SMILES string of the molecule is C=CC(=O)OCCCCCCOc1ccc(-c2ccc(-c3ccc(-c4ccc5ccccc5c4)cc3F)cc2F)cc1. The van der Waals surface area contributed by atoms with Gasteiger partial charge in [0.25, 0.3) is 0 Å². The van der Waals surface area contributed by atoms with Crippen LogP contribution in [0.3, 0.4) is 0 Å². The van der Waals surface area contributed by atoms with Crippen LogP contribution in [-0.2, 0) is 9.53 Å². The molecule has 0 bridgehead atoms. The largest absolute Gasteiger partial charge is 0.494 e. The number of ether oxygens (including phenoxy) is 2. The first kappa shape index (κ1) is 28.7. The van der Waals surface area contributed by atoms with Crippen LogP contribution in [0.2, 0.25) is 0 Å². The minimum Gasteiger partial charge on any atom is -0.494 e. The van der Waals surface area contributed by atoms with Crippen LogP contribution in [0.1, 0.15) is 25.7 Å². The summed E-state index contributed by atoms with van der Waals surface area (Å²) in [6.07, 6.45) is 4.76. The Morgan fingerprint density at radius 1 is 0.619 bits per heavy atom. The van der Waals surface area contributed by atoms with E-state index in [4.69, 9.17) is 9.47 Å². The van der Waals surface area contributed by atoms with Crippen LogP contribution in [0.4, 0.5) is 8.78 Å². The fourth-order valence-electron chi connectivity index (χ4n) is 4.92. The molecule has 3 nitrogen and oxygen atoms in total.